The van der Waals surface area contributed by atoms with E-state index in [0.29, 0.717) is 35.5 Å². The van der Waals surface area contributed by atoms with Crippen LogP contribution in [0.5, 0.6) is 5.75 Å². The Kier molecular flexibility index (Phi) is 6.40. The molecule has 2 aliphatic rings. The smallest absolute Gasteiger partial charge is 0.265 e. The number of aryl methyl sites for hydroxylation is 1. The molecule has 184 valence electrons. The van der Waals surface area contributed by atoms with Crippen LogP contribution in [-0.4, -0.2) is 65.4 Å². The van der Waals surface area contributed by atoms with Crippen molar-refractivity contribution in [3.8, 4) is 17.2 Å². The number of hydrogen-bond acceptors (Lipinski definition) is 8. The van der Waals surface area contributed by atoms with Gasteiger partial charge >= 0.3 is 0 Å². The van der Waals surface area contributed by atoms with Gasteiger partial charge in [0.05, 0.1) is 5.69 Å². The largest absolute Gasteiger partial charge is 0.478 e. The fraction of sp³-hybridized carbons (Fsp3) is 0.400. The number of benzene rings is 2. The van der Waals surface area contributed by atoms with Gasteiger partial charge < -0.3 is 29.5 Å². The first-order valence-electron chi connectivity index (χ1n) is 11.7. The van der Waals surface area contributed by atoms with E-state index in [4.69, 9.17) is 9.26 Å². The van der Waals surface area contributed by atoms with Crippen LogP contribution in [0.3, 0.4) is 0 Å². The summed E-state index contributed by atoms with van der Waals surface area (Å²) < 4.78 is 25.7. The van der Waals surface area contributed by atoms with Crippen molar-refractivity contribution in [1.82, 2.24) is 15.0 Å². The number of nitrogens with zero attached hydrogens (tertiary/aromatic N) is 4. The lowest BCUT2D eigenvalue weighted by molar-refractivity contribution is -0.123. The van der Waals surface area contributed by atoms with Crippen LogP contribution in [0, 0.1) is 5.82 Å². The number of aliphatic hydroxyl groups is 1. The number of amides is 1. The second-order valence-corrected chi connectivity index (χ2v) is 9.05. The van der Waals surface area contributed by atoms with Crippen molar-refractivity contribution in [2.24, 2.45) is 0 Å². The number of nitrogens with one attached hydrogen (secondary N) is 1. The van der Waals surface area contributed by atoms with E-state index in [1.807, 2.05) is 0 Å². The van der Waals surface area contributed by atoms with E-state index in [9.17, 15) is 14.3 Å². The highest BCUT2D eigenvalue weighted by Gasteiger charge is 2.30. The zero-order valence-electron chi connectivity index (χ0n) is 19.7. The van der Waals surface area contributed by atoms with Crippen molar-refractivity contribution in [2.75, 3.05) is 43.4 Å². The summed E-state index contributed by atoms with van der Waals surface area (Å²) in [7, 11) is 2.07. The Balaban J connectivity index is 1.28. The Bertz CT molecular complexity index is 1210. The highest BCUT2D eigenvalue weighted by molar-refractivity contribution is 5.95. The highest BCUT2D eigenvalue weighted by Crippen LogP contribution is 2.39. The summed E-state index contributed by atoms with van der Waals surface area (Å²) in [5.74, 6) is 0.554. The quantitative estimate of drug-likeness (QED) is 0.573. The molecule has 2 atom stereocenters. The van der Waals surface area contributed by atoms with E-state index in [1.165, 1.54) is 12.1 Å². The number of ether oxygens (including phenoxy) is 1. The molecular formula is C25H28FN5O4. The number of aromatic nitrogens is 2. The number of rotatable bonds is 5. The van der Waals surface area contributed by atoms with Crippen LogP contribution in [0.25, 0.3) is 11.5 Å². The Morgan fingerprint density at radius 3 is 2.63 bits per heavy atom. The summed E-state index contributed by atoms with van der Waals surface area (Å²) >= 11 is 0. The number of carbonyl (C=O) groups excluding carboxylic acids is 1. The summed E-state index contributed by atoms with van der Waals surface area (Å²) in [6.07, 6.45) is -0.469. The minimum Gasteiger partial charge on any atom is -0.478 e. The summed E-state index contributed by atoms with van der Waals surface area (Å²) in [6.45, 7) is 4.88. The van der Waals surface area contributed by atoms with E-state index in [-0.39, 0.29) is 23.4 Å². The lowest BCUT2D eigenvalue weighted by Gasteiger charge is -2.37. The molecule has 1 aromatic heterocycles. The average molecular weight is 482 g/mol. The summed E-state index contributed by atoms with van der Waals surface area (Å²) in [5, 5.41) is 16.2. The molecular weight excluding hydrogens is 453 g/mol. The van der Waals surface area contributed by atoms with Crippen LogP contribution in [0.4, 0.5) is 15.8 Å². The number of hydrogen-bond donors (Lipinski definition) is 2. The SMILES string of the molecule is CC(O)c1noc(-c2ccc(NC(=O)C3CCc4cc(F)cc(N5CCN(C)CC5)c4O3)cc2)n1. The number of likely N-dealkylation sites (N-methyl/N-ethyl adjacent to an activating group) is 1. The molecule has 0 spiro atoms. The van der Waals surface area contributed by atoms with Gasteiger partial charge in [0, 0.05) is 43.5 Å². The second kappa shape index (κ2) is 9.63. The van der Waals surface area contributed by atoms with Gasteiger partial charge in [-0.25, -0.2) is 4.39 Å². The summed E-state index contributed by atoms with van der Waals surface area (Å²) in [4.78, 5) is 21.5. The molecule has 2 aromatic carbocycles. The number of fused-ring (bicyclic) bond motifs is 1. The standard InChI is InChI=1S/C25H28FN5O4/c1-15(32)23-28-25(35-29-23)16-3-6-19(7-4-16)27-24(33)21-8-5-17-13-18(26)14-20(22(17)34-21)31-11-9-30(2)10-12-31/h3-4,6-7,13-15,21,32H,5,8-12H2,1-2H3,(H,27,33). The van der Waals surface area contributed by atoms with Gasteiger partial charge in [-0.2, -0.15) is 4.98 Å². The maximum absolute atomic E-state index is 14.3. The molecule has 5 rings (SSSR count). The number of piperazine rings is 1. The van der Waals surface area contributed by atoms with Gasteiger partial charge in [0.1, 0.15) is 17.7 Å². The maximum atomic E-state index is 14.3. The topological polar surface area (TPSA) is 104 Å². The monoisotopic (exact) mass is 481 g/mol. The zero-order valence-corrected chi connectivity index (χ0v) is 19.7. The lowest BCUT2D eigenvalue weighted by atomic mass is 9.99. The van der Waals surface area contributed by atoms with Crippen molar-refractivity contribution >= 4 is 17.3 Å². The third kappa shape index (κ3) is 4.98. The summed E-state index contributed by atoms with van der Waals surface area (Å²) in [5.41, 5.74) is 2.78. The average Bonchev–Trinajstić information content (AvgIpc) is 3.35. The molecule has 3 aromatic rings. The van der Waals surface area contributed by atoms with Crippen LogP contribution in [0.1, 0.15) is 30.8 Å². The van der Waals surface area contributed by atoms with Crippen LogP contribution >= 0.6 is 0 Å². The Morgan fingerprint density at radius 2 is 1.94 bits per heavy atom. The van der Waals surface area contributed by atoms with Gasteiger partial charge in [-0.1, -0.05) is 5.16 Å². The third-order valence-electron chi connectivity index (χ3n) is 6.40. The number of carbonyl (C=O) groups is 1. The molecule has 3 heterocycles. The molecule has 35 heavy (non-hydrogen) atoms. The van der Waals surface area contributed by atoms with E-state index in [0.717, 1.165) is 31.7 Å². The highest BCUT2D eigenvalue weighted by atomic mass is 19.1. The Hall–Kier alpha value is -3.50. The normalized spacial score (nSPS) is 19.1. The minimum atomic E-state index is -0.819. The van der Waals surface area contributed by atoms with Gasteiger partial charge in [0.2, 0.25) is 0 Å². The summed E-state index contributed by atoms with van der Waals surface area (Å²) in [6, 6.07) is 9.98. The van der Waals surface area contributed by atoms with E-state index in [2.05, 4.69) is 32.3 Å². The Labute approximate surface area is 202 Å². The fourth-order valence-corrected chi connectivity index (χ4v) is 4.35. The second-order valence-electron chi connectivity index (χ2n) is 9.05. The zero-order chi connectivity index (χ0) is 24.5. The predicted molar refractivity (Wildman–Crippen MR) is 128 cm³/mol. The van der Waals surface area contributed by atoms with Crippen molar-refractivity contribution < 1.29 is 23.6 Å². The van der Waals surface area contributed by atoms with E-state index >= 15 is 0 Å². The van der Waals surface area contributed by atoms with Gasteiger partial charge in [-0.05, 0) is 62.7 Å². The van der Waals surface area contributed by atoms with Gasteiger partial charge in [-0.3, -0.25) is 4.79 Å². The number of halogens is 1. The lowest BCUT2D eigenvalue weighted by Crippen LogP contribution is -2.45. The molecule has 2 unspecified atom stereocenters. The Morgan fingerprint density at radius 1 is 1.20 bits per heavy atom. The minimum absolute atomic E-state index is 0.211. The first-order chi connectivity index (χ1) is 16.9. The molecule has 0 bridgehead atoms. The fourth-order valence-electron chi connectivity index (χ4n) is 4.35. The number of anilines is 2. The molecule has 0 radical (unpaired) electrons. The molecule has 1 saturated heterocycles. The van der Waals surface area contributed by atoms with Crippen LogP contribution < -0.4 is 15.0 Å². The van der Waals surface area contributed by atoms with E-state index < -0.39 is 12.2 Å². The van der Waals surface area contributed by atoms with Crippen molar-refractivity contribution in [2.45, 2.75) is 32.0 Å². The third-order valence-corrected chi connectivity index (χ3v) is 6.40. The first-order valence-corrected chi connectivity index (χ1v) is 11.7. The first kappa shape index (κ1) is 23.3. The molecule has 9 nitrogen and oxygen atoms in total. The maximum Gasteiger partial charge on any atom is 0.265 e. The van der Waals surface area contributed by atoms with Gasteiger partial charge in [-0.15, -0.1) is 0 Å². The van der Waals surface area contributed by atoms with Crippen LogP contribution in [0.2, 0.25) is 0 Å². The molecule has 0 saturated carbocycles. The van der Waals surface area contributed by atoms with Crippen molar-refractivity contribution in [3.05, 3.63) is 53.6 Å². The van der Waals surface area contributed by atoms with Crippen molar-refractivity contribution in [3.63, 3.8) is 0 Å². The molecule has 2 N–H and O–H groups in total. The molecule has 1 amide bonds. The van der Waals surface area contributed by atoms with Gasteiger partial charge in [0.25, 0.3) is 11.8 Å². The number of aliphatic hydroxyl groups excluding tert-OH is 1. The van der Waals surface area contributed by atoms with Gasteiger partial charge in [0.15, 0.2) is 11.9 Å². The van der Waals surface area contributed by atoms with Crippen LogP contribution in [-0.2, 0) is 11.2 Å². The van der Waals surface area contributed by atoms with E-state index in [1.54, 1.807) is 31.2 Å². The predicted octanol–water partition coefficient (Wildman–Crippen LogP) is 3.01. The molecule has 1 fully saturated rings. The molecule has 10 heteroatoms. The van der Waals surface area contributed by atoms with Crippen molar-refractivity contribution in [1.29, 1.82) is 0 Å². The molecule has 2 aliphatic heterocycles. The molecule has 0 aliphatic carbocycles. The van der Waals surface area contributed by atoms with Crippen LogP contribution in [0.15, 0.2) is 40.9 Å².